The lowest BCUT2D eigenvalue weighted by molar-refractivity contribution is 0.357. The molecule has 2 rings (SSSR count). The van der Waals surface area contributed by atoms with E-state index in [0.29, 0.717) is 0 Å². The van der Waals surface area contributed by atoms with Crippen molar-refractivity contribution in [2.24, 2.45) is 0 Å². The minimum Gasteiger partial charge on any atom is -0.302 e. The minimum atomic E-state index is 0.864. The van der Waals surface area contributed by atoms with Gasteiger partial charge in [-0.05, 0) is 62.9 Å². The summed E-state index contributed by atoms with van der Waals surface area (Å²) in [5.74, 6) is 0. The normalized spacial score (nSPS) is 16.8. The lowest BCUT2D eigenvalue weighted by atomic mass is 9.96. The third-order valence-electron chi connectivity index (χ3n) is 3.64. The molecular formula is C16H21ClN. The van der Waals surface area contributed by atoms with Gasteiger partial charge in [-0.3, -0.25) is 0 Å². The Balaban J connectivity index is 2.00. The van der Waals surface area contributed by atoms with Gasteiger partial charge in [-0.1, -0.05) is 29.3 Å². The summed E-state index contributed by atoms with van der Waals surface area (Å²) in [7, 11) is 2.17. The molecule has 0 amide bonds. The van der Waals surface area contributed by atoms with E-state index in [9.17, 15) is 0 Å². The van der Waals surface area contributed by atoms with Gasteiger partial charge in [0.15, 0.2) is 0 Å². The van der Waals surface area contributed by atoms with E-state index in [2.05, 4.69) is 50.4 Å². The predicted octanol–water partition coefficient (Wildman–Crippen LogP) is 4.16. The van der Waals surface area contributed by atoms with Gasteiger partial charge in [0.25, 0.3) is 0 Å². The molecule has 1 radical (unpaired) electrons. The number of hydrogen-bond acceptors (Lipinski definition) is 1. The Hall–Kier alpha value is -0.790. The summed E-state index contributed by atoms with van der Waals surface area (Å²) in [4.78, 5) is 2.35. The van der Waals surface area contributed by atoms with Gasteiger partial charge in [-0.25, -0.2) is 0 Å². The van der Waals surface area contributed by atoms with Crippen molar-refractivity contribution in [1.82, 2.24) is 4.90 Å². The number of rotatable bonds is 3. The maximum absolute atomic E-state index is 6.12. The molecule has 97 valence electrons. The molecule has 0 atom stereocenters. The number of halogens is 1. The summed E-state index contributed by atoms with van der Waals surface area (Å²) in [6, 6.07) is 4.25. The minimum absolute atomic E-state index is 0.864. The number of nitrogens with zero attached hydrogens (tertiary/aromatic N) is 1. The van der Waals surface area contributed by atoms with E-state index in [1.807, 2.05) is 0 Å². The molecule has 0 N–H and O–H groups in total. The first-order valence-corrected chi connectivity index (χ1v) is 6.90. The zero-order chi connectivity index (χ0) is 13.1. The second-order valence-electron chi connectivity index (χ2n) is 5.24. The van der Waals surface area contributed by atoms with Crippen LogP contribution in [0.25, 0.3) is 0 Å². The van der Waals surface area contributed by atoms with E-state index < -0.39 is 0 Å². The molecule has 2 heteroatoms. The van der Waals surface area contributed by atoms with Crippen LogP contribution in [0.5, 0.6) is 0 Å². The van der Waals surface area contributed by atoms with Crippen LogP contribution >= 0.6 is 11.6 Å². The highest BCUT2D eigenvalue weighted by molar-refractivity contribution is 6.31. The van der Waals surface area contributed by atoms with Crippen molar-refractivity contribution in [2.75, 3.05) is 20.1 Å². The van der Waals surface area contributed by atoms with Crippen molar-refractivity contribution in [3.8, 4) is 0 Å². The standard InChI is InChI=1S/C16H21ClN/c1-12-11-16(17)13(2)10-15(12)5-4-14-6-8-18(3)9-7-14/h5-6,10-11H,4,7-9H2,1-3H3. The highest BCUT2D eigenvalue weighted by atomic mass is 35.5. The highest BCUT2D eigenvalue weighted by Gasteiger charge is 2.09. The number of hydrogen-bond donors (Lipinski definition) is 0. The fraction of sp³-hybridized carbons (Fsp3) is 0.438. The highest BCUT2D eigenvalue weighted by Crippen LogP contribution is 2.24. The molecule has 0 unspecified atom stereocenters. The quantitative estimate of drug-likeness (QED) is 0.740. The van der Waals surface area contributed by atoms with Gasteiger partial charge in [0, 0.05) is 18.1 Å². The average Bonchev–Trinajstić information content (AvgIpc) is 2.34. The molecule has 0 saturated carbocycles. The van der Waals surface area contributed by atoms with Crippen LogP contribution in [0.3, 0.4) is 0 Å². The zero-order valence-electron chi connectivity index (χ0n) is 11.5. The molecule has 1 aromatic carbocycles. The van der Waals surface area contributed by atoms with E-state index in [0.717, 1.165) is 23.6 Å². The lowest BCUT2D eigenvalue weighted by Gasteiger charge is -2.22. The molecule has 1 aliphatic heterocycles. The Morgan fingerprint density at radius 2 is 2.06 bits per heavy atom. The SMILES string of the molecule is Cc1cc([CH]CC2=CCN(C)CC2)c(C)cc1Cl. The van der Waals surface area contributed by atoms with E-state index >= 15 is 0 Å². The van der Waals surface area contributed by atoms with Crippen molar-refractivity contribution >= 4 is 11.6 Å². The maximum Gasteiger partial charge on any atom is 0.0438 e. The molecule has 0 bridgehead atoms. The fourth-order valence-electron chi connectivity index (χ4n) is 2.26. The molecule has 1 heterocycles. The molecule has 0 aromatic heterocycles. The second-order valence-corrected chi connectivity index (χ2v) is 5.65. The van der Waals surface area contributed by atoms with Gasteiger partial charge < -0.3 is 4.90 Å². The number of benzene rings is 1. The molecule has 18 heavy (non-hydrogen) atoms. The topological polar surface area (TPSA) is 3.24 Å². The van der Waals surface area contributed by atoms with Crippen LogP contribution in [0.1, 0.15) is 29.5 Å². The Morgan fingerprint density at radius 3 is 2.72 bits per heavy atom. The van der Waals surface area contributed by atoms with Gasteiger partial charge in [0.05, 0.1) is 0 Å². The summed E-state index contributed by atoms with van der Waals surface area (Å²) in [5, 5.41) is 0.864. The fourth-order valence-corrected chi connectivity index (χ4v) is 2.48. The second kappa shape index (κ2) is 5.90. The molecule has 0 aliphatic carbocycles. The first-order chi connectivity index (χ1) is 8.56. The molecule has 0 fully saturated rings. The van der Waals surface area contributed by atoms with Crippen molar-refractivity contribution < 1.29 is 0 Å². The van der Waals surface area contributed by atoms with Gasteiger partial charge >= 0.3 is 0 Å². The van der Waals surface area contributed by atoms with Crippen molar-refractivity contribution in [2.45, 2.75) is 26.7 Å². The van der Waals surface area contributed by atoms with Crippen LogP contribution in [-0.2, 0) is 0 Å². The maximum atomic E-state index is 6.12. The molecular weight excluding hydrogens is 242 g/mol. The monoisotopic (exact) mass is 262 g/mol. The smallest absolute Gasteiger partial charge is 0.0438 e. The first-order valence-electron chi connectivity index (χ1n) is 6.52. The number of likely N-dealkylation sites (N-methyl/N-ethyl adjacent to an activating group) is 1. The third kappa shape index (κ3) is 3.37. The van der Waals surface area contributed by atoms with Crippen LogP contribution in [0.2, 0.25) is 5.02 Å². The molecule has 0 spiro atoms. The summed E-state index contributed by atoms with van der Waals surface area (Å²) < 4.78 is 0. The zero-order valence-corrected chi connectivity index (χ0v) is 12.2. The summed E-state index contributed by atoms with van der Waals surface area (Å²) >= 11 is 6.12. The van der Waals surface area contributed by atoms with Crippen LogP contribution in [0, 0.1) is 20.3 Å². The van der Waals surface area contributed by atoms with Crippen molar-refractivity contribution in [3.05, 3.63) is 51.9 Å². The van der Waals surface area contributed by atoms with Gasteiger partial charge in [0.1, 0.15) is 0 Å². The summed E-state index contributed by atoms with van der Waals surface area (Å²) in [6.07, 6.45) is 6.95. The van der Waals surface area contributed by atoms with Crippen LogP contribution in [0.4, 0.5) is 0 Å². The van der Waals surface area contributed by atoms with Gasteiger partial charge in [-0.2, -0.15) is 0 Å². The van der Waals surface area contributed by atoms with E-state index in [1.165, 1.54) is 24.1 Å². The molecule has 1 nitrogen and oxygen atoms in total. The Kier molecular flexibility index (Phi) is 4.47. The Morgan fingerprint density at radius 1 is 1.28 bits per heavy atom. The van der Waals surface area contributed by atoms with Crippen molar-refractivity contribution in [1.29, 1.82) is 0 Å². The molecule has 0 saturated heterocycles. The lowest BCUT2D eigenvalue weighted by Crippen LogP contribution is -2.24. The van der Waals surface area contributed by atoms with Gasteiger partial charge in [-0.15, -0.1) is 0 Å². The molecule has 1 aromatic rings. The Bertz CT molecular complexity index is 462. The van der Waals surface area contributed by atoms with Crippen LogP contribution in [0.15, 0.2) is 23.8 Å². The largest absolute Gasteiger partial charge is 0.302 e. The van der Waals surface area contributed by atoms with Crippen LogP contribution < -0.4 is 0 Å². The summed E-state index contributed by atoms with van der Waals surface area (Å²) in [5.41, 5.74) is 5.29. The van der Waals surface area contributed by atoms with Crippen molar-refractivity contribution in [3.63, 3.8) is 0 Å². The Labute approximate surface area is 115 Å². The predicted molar refractivity (Wildman–Crippen MR) is 79.1 cm³/mol. The van der Waals surface area contributed by atoms with Gasteiger partial charge in [0.2, 0.25) is 0 Å². The van der Waals surface area contributed by atoms with E-state index in [4.69, 9.17) is 11.6 Å². The van der Waals surface area contributed by atoms with E-state index in [1.54, 1.807) is 5.57 Å². The molecule has 1 aliphatic rings. The third-order valence-corrected chi connectivity index (χ3v) is 4.04. The van der Waals surface area contributed by atoms with E-state index in [-0.39, 0.29) is 0 Å². The van der Waals surface area contributed by atoms with Crippen LogP contribution in [-0.4, -0.2) is 25.0 Å². The first kappa shape index (κ1) is 13.6. The number of aryl methyl sites for hydroxylation is 2. The average molecular weight is 263 g/mol. The summed E-state index contributed by atoms with van der Waals surface area (Å²) in [6.45, 7) is 6.45.